The third-order valence-corrected chi connectivity index (χ3v) is 7.05. The number of carbonyl (C=O) groups is 2. The van der Waals surface area contributed by atoms with E-state index < -0.39 is 35.5 Å². The van der Waals surface area contributed by atoms with Crippen molar-refractivity contribution in [2.24, 2.45) is 11.7 Å². The zero-order valence-corrected chi connectivity index (χ0v) is 21.4. The third kappa shape index (κ3) is 5.25. The number of alkyl halides is 5. The van der Waals surface area contributed by atoms with Crippen LogP contribution in [0.4, 0.5) is 22.0 Å². The van der Waals surface area contributed by atoms with Crippen LogP contribution in [-0.2, 0) is 12.7 Å². The monoisotopic (exact) mass is 557 g/mol. The number of halogens is 5. The van der Waals surface area contributed by atoms with Gasteiger partial charge in [0.1, 0.15) is 5.69 Å². The average Bonchev–Trinajstić information content (AvgIpc) is 3.41. The predicted molar refractivity (Wildman–Crippen MR) is 137 cm³/mol. The minimum atomic E-state index is -4.73. The van der Waals surface area contributed by atoms with Gasteiger partial charge in [-0.05, 0) is 55.3 Å². The maximum absolute atomic E-state index is 13.3. The second-order valence-electron chi connectivity index (χ2n) is 9.92. The molecule has 7 nitrogen and oxygen atoms in total. The Hall–Kier alpha value is -4.35. The van der Waals surface area contributed by atoms with E-state index in [-0.39, 0.29) is 29.4 Å². The number of amides is 2. The molecule has 0 saturated heterocycles. The fourth-order valence-corrected chi connectivity index (χ4v) is 4.74. The molecule has 2 heterocycles. The van der Waals surface area contributed by atoms with Gasteiger partial charge in [0, 0.05) is 41.1 Å². The summed E-state index contributed by atoms with van der Waals surface area (Å²) >= 11 is 0. The van der Waals surface area contributed by atoms with Crippen LogP contribution in [0.25, 0.3) is 22.0 Å². The third-order valence-electron chi connectivity index (χ3n) is 7.05. The van der Waals surface area contributed by atoms with E-state index in [4.69, 9.17) is 5.73 Å². The van der Waals surface area contributed by atoms with Crippen LogP contribution in [0, 0.1) is 19.8 Å². The number of carbonyl (C=O) groups excluding carboxylic acids is 2. The number of nitrogens with one attached hydrogen (secondary N) is 1. The quantitative estimate of drug-likeness (QED) is 0.303. The molecular weight excluding hydrogens is 533 g/mol. The van der Waals surface area contributed by atoms with E-state index >= 15 is 0 Å². The standard InChI is InChI=1S/C28H24F5N5O2/c1-14-24(18-7-8-22-20(9-18)21(25(34)39)10-23(36-22)28(31,32)33)15(2)38(37-14)13-16-3-5-17(6-4-16)26(40)35-12-19-11-27(19,29)30/h3-10,19H,11-13H2,1-2H3,(H2,34,39)(H,35,40). The van der Waals surface area contributed by atoms with Crippen LogP contribution >= 0.6 is 0 Å². The van der Waals surface area contributed by atoms with Gasteiger partial charge in [0.25, 0.3) is 11.8 Å². The first kappa shape index (κ1) is 27.2. The molecule has 3 N–H and O–H groups in total. The van der Waals surface area contributed by atoms with E-state index in [1.807, 2.05) is 6.92 Å². The maximum atomic E-state index is 13.3. The fourth-order valence-electron chi connectivity index (χ4n) is 4.74. The van der Waals surface area contributed by atoms with Gasteiger partial charge in [-0.15, -0.1) is 0 Å². The Morgan fingerprint density at radius 1 is 1.10 bits per heavy atom. The van der Waals surface area contributed by atoms with Crippen LogP contribution in [0.1, 0.15) is 49.8 Å². The van der Waals surface area contributed by atoms with Crippen molar-refractivity contribution in [1.29, 1.82) is 0 Å². The summed E-state index contributed by atoms with van der Waals surface area (Å²) in [6.45, 7) is 3.92. The molecule has 1 unspecified atom stereocenters. The number of rotatable bonds is 7. The van der Waals surface area contributed by atoms with Crippen molar-refractivity contribution in [3.05, 3.63) is 82.3 Å². The highest BCUT2D eigenvalue weighted by atomic mass is 19.4. The molecule has 1 aliphatic rings. The summed E-state index contributed by atoms with van der Waals surface area (Å²) in [6, 6.07) is 12.0. The van der Waals surface area contributed by atoms with Crippen molar-refractivity contribution in [1.82, 2.24) is 20.1 Å². The molecule has 2 aromatic carbocycles. The number of aryl methyl sites for hydroxylation is 1. The molecule has 2 aromatic heterocycles. The molecule has 1 saturated carbocycles. The summed E-state index contributed by atoms with van der Waals surface area (Å²) in [5.74, 6) is -4.93. The minimum absolute atomic E-state index is 0.00922. The summed E-state index contributed by atoms with van der Waals surface area (Å²) in [5.41, 5.74) is 7.89. The van der Waals surface area contributed by atoms with Gasteiger partial charge in [-0.25, -0.2) is 13.8 Å². The second-order valence-corrected chi connectivity index (χ2v) is 9.92. The molecule has 1 aliphatic carbocycles. The largest absolute Gasteiger partial charge is 0.433 e. The minimum Gasteiger partial charge on any atom is -0.366 e. The molecule has 0 bridgehead atoms. The van der Waals surface area contributed by atoms with E-state index in [1.165, 1.54) is 6.07 Å². The molecule has 1 atom stereocenters. The SMILES string of the molecule is Cc1nn(Cc2ccc(C(=O)NCC3CC3(F)F)cc2)c(C)c1-c1ccc2nc(C(F)(F)F)cc(C(N)=O)c2c1. The normalized spacial score (nSPS) is 16.2. The van der Waals surface area contributed by atoms with E-state index in [0.29, 0.717) is 29.4 Å². The number of aromatic nitrogens is 3. The molecule has 12 heteroatoms. The maximum Gasteiger partial charge on any atom is 0.433 e. The zero-order valence-electron chi connectivity index (χ0n) is 21.4. The van der Waals surface area contributed by atoms with E-state index in [0.717, 1.165) is 16.8 Å². The van der Waals surface area contributed by atoms with Gasteiger partial charge >= 0.3 is 6.18 Å². The molecular formula is C28H24F5N5O2. The predicted octanol–water partition coefficient (Wildman–Crippen LogP) is 5.27. The van der Waals surface area contributed by atoms with Crippen LogP contribution in [0.3, 0.4) is 0 Å². The Kier molecular flexibility index (Phi) is 6.59. The van der Waals surface area contributed by atoms with Crippen LogP contribution in [0.5, 0.6) is 0 Å². The zero-order chi connectivity index (χ0) is 29.0. The van der Waals surface area contributed by atoms with Gasteiger partial charge in [0.05, 0.1) is 23.3 Å². The first-order valence-electron chi connectivity index (χ1n) is 12.4. The molecule has 40 heavy (non-hydrogen) atoms. The Bertz CT molecular complexity index is 1640. The number of benzene rings is 2. The number of hydrogen-bond donors (Lipinski definition) is 2. The lowest BCUT2D eigenvalue weighted by Gasteiger charge is -2.12. The van der Waals surface area contributed by atoms with Crippen molar-refractivity contribution < 1.29 is 31.5 Å². The number of primary amides is 1. The molecule has 0 aliphatic heterocycles. The molecule has 5 rings (SSSR count). The average molecular weight is 558 g/mol. The van der Waals surface area contributed by atoms with Crippen molar-refractivity contribution in [2.75, 3.05) is 6.54 Å². The van der Waals surface area contributed by atoms with E-state index in [9.17, 15) is 31.5 Å². The second kappa shape index (κ2) is 9.68. The lowest BCUT2D eigenvalue weighted by Crippen LogP contribution is -2.26. The number of pyridine rings is 1. The van der Waals surface area contributed by atoms with Gasteiger partial charge in [0.2, 0.25) is 5.91 Å². The molecule has 4 aromatic rings. The first-order chi connectivity index (χ1) is 18.7. The molecule has 208 valence electrons. The van der Waals surface area contributed by atoms with Crippen LogP contribution in [0.15, 0.2) is 48.5 Å². The van der Waals surface area contributed by atoms with E-state index in [2.05, 4.69) is 15.4 Å². The summed E-state index contributed by atoms with van der Waals surface area (Å²) < 4.78 is 67.6. The van der Waals surface area contributed by atoms with Crippen molar-refractivity contribution >= 4 is 22.7 Å². The number of nitrogens with two attached hydrogens (primary N) is 1. The smallest absolute Gasteiger partial charge is 0.366 e. The highest BCUT2D eigenvalue weighted by Crippen LogP contribution is 2.48. The Morgan fingerprint density at radius 3 is 2.38 bits per heavy atom. The number of fused-ring (bicyclic) bond motifs is 1. The molecule has 2 amide bonds. The highest BCUT2D eigenvalue weighted by Gasteiger charge is 2.56. The topological polar surface area (TPSA) is 103 Å². The van der Waals surface area contributed by atoms with Crippen LogP contribution in [-0.4, -0.2) is 39.0 Å². The Labute approximate surface area is 225 Å². The van der Waals surface area contributed by atoms with Crippen molar-refractivity contribution in [3.8, 4) is 11.1 Å². The summed E-state index contributed by atoms with van der Waals surface area (Å²) in [6.07, 6.45) is -4.94. The summed E-state index contributed by atoms with van der Waals surface area (Å²) in [7, 11) is 0. The highest BCUT2D eigenvalue weighted by molar-refractivity contribution is 6.06. The van der Waals surface area contributed by atoms with Crippen LogP contribution < -0.4 is 11.1 Å². The van der Waals surface area contributed by atoms with Gasteiger partial charge in [0.15, 0.2) is 0 Å². The number of nitrogens with zero attached hydrogens (tertiary/aromatic N) is 3. The molecule has 0 radical (unpaired) electrons. The van der Waals surface area contributed by atoms with Gasteiger partial charge in [-0.2, -0.15) is 18.3 Å². The van der Waals surface area contributed by atoms with Crippen molar-refractivity contribution in [2.45, 2.75) is 38.9 Å². The Balaban J connectivity index is 1.38. The summed E-state index contributed by atoms with van der Waals surface area (Å²) in [4.78, 5) is 27.9. The van der Waals surface area contributed by atoms with Gasteiger partial charge in [-0.1, -0.05) is 18.2 Å². The lowest BCUT2D eigenvalue weighted by atomic mass is 9.98. The van der Waals surface area contributed by atoms with Gasteiger partial charge < -0.3 is 11.1 Å². The molecule has 0 spiro atoms. The fraction of sp³-hybridized carbons (Fsp3) is 0.286. The lowest BCUT2D eigenvalue weighted by molar-refractivity contribution is -0.141. The van der Waals surface area contributed by atoms with Crippen LogP contribution in [0.2, 0.25) is 0 Å². The van der Waals surface area contributed by atoms with E-state index in [1.54, 1.807) is 48.0 Å². The van der Waals surface area contributed by atoms with Gasteiger partial charge in [-0.3, -0.25) is 14.3 Å². The summed E-state index contributed by atoms with van der Waals surface area (Å²) in [5, 5.41) is 7.33. The Morgan fingerprint density at radius 2 is 1.77 bits per heavy atom. The first-order valence-corrected chi connectivity index (χ1v) is 12.4. The van der Waals surface area contributed by atoms with Crippen molar-refractivity contribution in [3.63, 3.8) is 0 Å². The number of hydrogen-bond acceptors (Lipinski definition) is 4. The molecule has 1 fully saturated rings.